The summed E-state index contributed by atoms with van der Waals surface area (Å²) in [6.07, 6.45) is -2.55. The Morgan fingerprint density at radius 1 is 0.923 bits per heavy atom. The van der Waals surface area contributed by atoms with Crippen LogP contribution in [-0.2, 0) is 23.2 Å². The maximum Gasteiger partial charge on any atom is 0.416 e. The van der Waals surface area contributed by atoms with Gasteiger partial charge in [0.2, 0.25) is 0 Å². The lowest BCUT2D eigenvalue weighted by Crippen LogP contribution is -2.17. The van der Waals surface area contributed by atoms with Gasteiger partial charge in [-0.05, 0) is 36.6 Å². The molecule has 0 amide bonds. The maximum absolute atomic E-state index is 13.6. The van der Waals surface area contributed by atoms with Crippen molar-refractivity contribution in [1.29, 1.82) is 0 Å². The van der Waals surface area contributed by atoms with Crippen LogP contribution in [0.15, 0.2) is 90.1 Å². The molecule has 3 heterocycles. The minimum atomic E-state index is -4.42. The molecule has 9 heteroatoms. The zero-order valence-corrected chi connectivity index (χ0v) is 21.8. The number of fused-ring (bicyclic) bond motifs is 1. The SMILES string of the molecule is FC(F)(F)c1ccccc1CSc1nnc(-c2cc(-c3ccccc3)nc3ccccc23)n1C[C@@H]1CCCO1. The number of para-hydroxylation sites is 1. The highest BCUT2D eigenvalue weighted by Crippen LogP contribution is 2.37. The molecule has 5 nitrogen and oxygen atoms in total. The molecule has 5 aromatic rings. The summed E-state index contributed by atoms with van der Waals surface area (Å²) in [5, 5.41) is 10.5. The third-order valence-corrected chi connectivity index (χ3v) is 7.85. The van der Waals surface area contributed by atoms with Crippen molar-refractivity contribution in [1.82, 2.24) is 19.7 Å². The molecule has 6 rings (SSSR count). The number of pyridine rings is 1. The van der Waals surface area contributed by atoms with Crippen LogP contribution in [0.4, 0.5) is 13.2 Å². The van der Waals surface area contributed by atoms with Crippen LogP contribution in [-0.4, -0.2) is 32.5 Å². The largest absolute Gasteiger partial charge is 0.416 e. The Hall–Kier alpha value is -3.69. The number of ether oxygens (including phenoxy) is 1. The van der Waals surface area contributed by atoms with E-state index in [4.69, 9.17) is 9.72 Å². The van der Waals surface area contributed by atoms with Crippen LogP contribution in [0.5, 0.6) is 0 Å². The maximum atomic E-state index is 13.6. The predicted molar refractivity (Wildman–Crippen MR) is 146 cm³/mol. The molecule has 0 N–H and O–H groups in total. The van der Waals surface area contributed by atoms with E-state index in [9.17, 15) is 13.2 Å². The van der Waals surface area contributed by atoms with Crippen LogP contribution in [0, 0.1) is 0 Å². The number of rotatable bonds is 7. The molecule has 0 unspecified atom stereocenters. The molecule has 0 bridgehead atoms. The molecule has 1 fully saturated rings. The first-order chi connectivity index (χ1) is 19.0. The van der Waals surface area contributed by atoms with E-state index in [1.165, 1.54) is 23.9 Å². The highest BCUT2D eigenvalue weighted by atomic mass is 32.2. The molecule has 198 valence electrons. The number of hydrogen-bond donors (Lipinski definition) is 0. The highest BCUT2D eigenvalue weighted by molar-refractivity contribution is 7.98. The van der Waals surface area contributed by atoms with E-state index in [1.807, 2.05) is 65.2 Å². The molecule has 39 heavy (non-hydrogen) atoms. The second-order valence-corrected chi connectivity index (χ2v) is 10.4. The van der Waals surface area contributed by atoms with Crippen molar-refractivity contribution in [2.24, 2.45) is 0 Å². The summed E-state index contributed by atoms with van der Waals surface area (Å²) in [6.45, 7) is 1.21. The zero-order valence-electron chi connectivity index (χ0n) is 20.9. The van der Waals surface area contributed by atoms with E-state index in [1.54, 1.807) is 6.07 Å². The van der Waals surface area contributed by atoms with Crippen LogP contribution in [0.2, 0.25) is 0 Å². The van der Waals surface area contributed by atoms with Crippen molar-refractivity contribution in [2.75, 3.05) is 6.61 Å². The Labute approximate surface area is 228 Å². The number of hydrogen-bond acceptors (Lipinski definition) is 5. The molecule has 1 saturated heterocycles. The van der Waals surface area contributed by atoms with Crippen LogP contribution in [0.1, 0.15) is 24.0 Å². The molecule has 0 radical (unpaired) electrons. The molecule has 1 atom stereocenters. The topological polar surface area (TPSA) is 52.8 Å². The molecular weight excluding hydrogens is 521 g/mol. The van der Waals surface area contributed by atoms with Crippen molar-refractivity contribution >= 4 is 22.7 Å². The number of benzene rings is 3. The minimum absolute atomic E-state index is 0.0109. The highest BCUT2D eigenvalue weighted by Gasteiger charge is 2.33. The first kappa shape index (κ1) is 25.6. The van der Waals surface area contributed by atoms with E-state index in [-0.39, 0.29) is 17.4 Å². The predicted octanol–water partition coefficient (Wildman–Crippen LogP) is 7.65. The fraction of sp³-hybridized carbons (Fsp3) is 0.233. The van der Waals surface area contributed by atoms with Gasteiger partial charge in [-0.15, -0.1) is 10.2 Å². The second kappa shape index (κ2) is 10.8. The van der Waals surface area contributed by atoms with E-state index >= 15 is 0 Å². The average molecular weight is 547 g/mol. The summed E-state index contributed by atoms with van der Waals surface area (Å²) in [6, 6.07) is 25.5. The lowest BCUT2D eigenvalue weighted by Gasteiger charge is -2.17. The van der Waals surface area contributed by atoms with Crippen LogP contribution >= 0.6 is 11.8 Å². The van der Waals surface area contributed by atoms with Gasteiger partial charge in [0.1, 0.15) is 0 Å². The lowest BCUT2D eigenvalue weighted by atomic mass is 10.0. The zero-order chi connectivity index (χ0) is 26.8. The summed E-state index contributed by atoms with van der Waals surface area (Å²) < 4.78 is 48.8. The van der Waals surface area contributed by atoms with E-state index in [0.717, 1.165) is 46.6 Å². The molecule has 3 aromatic carbocycles. The van der Waals surface area contributed by atoms with Gasteiger partial charge in [-0.25, -0.2) is 4.98 Å². The van der Waals surface area contributed by atoms with Crippen LogP contribution in [0.3, 0.4) is 0 Å². The third kappa shape index (κ3) is 5.42. The summed E-state index contributed by atoms with van der Waals surface area (Å²) in [4.78, 5) is 4.89. The van der Waals surface area contributed by atoms with Crippen molar-refractivity contribution in [3.8, 4) is 22.6 Å². The quantitative estimate of drug-likeness (QED) is 0.196. The number of alkyl halides is 3. The van der Waals surface area contributed by atoms with Crippen molar-refractivity contribution in [2.45, 2.75) is 42.6 Å². The molecule has 0 spiro atoms. The van der Waals surface area contributed by atoms with Crippen LogP contribution in [0.25, 0.3) is 33.5 Å². The normalized spacial score (nSPS) is 15.7. The number of nitrogens with zero attached hydrogens (tertiary/aromatic N) is 4. The van der Waals surface area contributed by atoms with Crippen molar-refractivity contribution in [3.63, 3.8) is 0 Å². The Morgan fingerprint density at radius 3 is 2.49 bits per heavy atom. The molecule has 0 aliphatic carbocycles. The fourth-order valence-corrected chi connectivity index (χ4v) is 5.89. The minimum Gasteiger partial charge on any atom is -0.376 e. The summed E-state index contributed by atoms with van der Waals surface area (Å²) in [5.74, 6) is 0.763. The van der Waals surface area contributed by atoms with E-state index in [2.05, 4.69) is 10.2 Å². The number of aromatic nitrogens is 4. The summed E-state index contributed by atoms with van der Waals surface area (Å²) in [5.41, 5.74) is 3.07. The Morgan fingerprint density at radius 2 is 1.69 bits per heavy atom. The first-order valence-electron chi connectivity index (χ1n) is 12.8. The van der Waals surface area contributed by atoms with Gasteiger partial charge in [0, 0.05) is 28.9 Å². The molecule has 0 saturated carbocycles. The number of thioether (sulfide) groups is 1. The van der Waals surface area contributed by atoms with Gasteiger partial charge >= 0.3 is 6.18 Å². The monoisotopic (exact) mass is 546 g/mol. The van der Waals surface area contributed by atoms with Crippen molar-refractivity contribution < 1.29 is 17.9 Å². The van der Waals surface area contributed by atoms with Crippen molar-refractivity contribution in [3.05, 3.63) is 96.1 Å². The lowest BCUT2D eigenvalue weighted by molar-refractivity contribution is -0.138. The van der Waals surface area contributed by atoms with E-state index in [0.29, 0.717) is 24.1 Å². The van der Waals surface area contributed by atoms with Gasteiger partial charge in [0.25, 0.3) is 0 Å². The standard InChI is InChI=1S/C30H25F3N4OS/c31-30(32,33)25-14-6-4-11-21(25)19-39-29-36-35-28(37(29)18-22-12-8-16-38-22)24-17-27(20-9-2-1-3-10-20)34-26-15-7-5-13-23(24)26/h1-7,9-11,13-15,17,22H,8,12,16,18-19H2/t22-/m0/s1. The van der Waals surface area contributed by atoms with E-state index < -0.39 is 11.7 Å². The smallest absolute Gasteiger partial charge is 0.376 e. The van der Waals surface area contributed by atoms with Gasteiger partial charge in [-0.3, -0.25) is 4.57 Å². The van der Waals surface area contributed by atoms with Gasteiger partial charge in [-0.1, -0.05) is 78.5 Å². The van der Waals surface area contributed by atoms with Gasteiger partial charge in [0.05, 0.1) is 29.4 Å². The van der Waals surface area contributed by atoms with Gasteiger partial charge in [0.15, 0.2) is 11.0 Å². The van der Waals surface area contributed by atoms with Gasteiger partial charge < -0.3 is 4.74 Å². The fourth-order valence-electron chi connectivity index (χ4n) is 4.93. The molecule has 1 aliphatic rings. The van der Waals surface area contributed by atoms with Gasteiger partial charge in [-0.2, -0.15) is 13.2 Å². The Balaban J connectivity index is 1.44. The molecular formula is C30H25F3N4OS. The number of halogens is 3. The second-order valence-electron chi connectivity index (χ2n) is 9.43. The third-order valence-electron chi connectivity index (χ3n) is 6.83. The average Bonchev–Trinajstić information content (AvgIpc) is 3.62. The Kier molecular flexibility index (Phi) is 7.10. The molecule has 2 aromatic heterocycles. The first-order valence-corrected chi connectivity index (χ1v) is 13.7. The summed E-state index contributed by atoms with van der Waals surface area (Å²) >= 11 is 1.25. The Bertz CT molecular complexity index is 1600. The summed E-state index contributed by atoms with van der Waals surface area (Å²) in [7, 11) is 0. The molecule has 1 aliphatic heterocycles. The van der Waals surface area contributed by atoms with Crippen LogP contribution < -0.4 is 0 Å².